The average molecular weight is 502 g/mol. The molecule has 0 unspecified atom stereocenters. The van der Waals surface area contributed by atoms with E-state index in [0.29, 0.717) is 11.1 Å². The molecule has 1 aliphatic rings. The highest BCUT2D eigenvalue weighted by atomic mass is 16.6. The van der Waals surface area contributed by atoms with Crippen LogP contribution < -0.4 is 0 Å². The maximum atomic E-state index is 12.5. The van der Waals surface area contributed by atoms with Crippen LogP contribution in [0.3, 0.4) is 0 Å². The number of esters is 2. The lowest BCUT2D eigenvalue weighted by Crippen LogP contribution is -2.52. The van der Waals surface area contributed by atoms with Gasteiger partial charge in [0.25, 0.3) is 0 Å². The summed E-state index contributed by atoms with van der Waals surface area (Å²) in [6.07, 6.45) is -0.657. The standard InChI is InChI=1S/C25H26O11/c26-16-5-1-14(11-18(16)28)3-7-22(30)35-20-9-10-25(34,24(32)33)13-21(20)36-23(31)8-4-15-2-6-17(27)19(29)12-15/h1-3,5-7,11-12,20-21,26-29,34H,4,8-10,13H2,(H,32,33)/b7-3+/t20-,21-,25+/m1/s1. The van der Waals surface area contributed by atoms with Gasteiger partial charge in [-0.1, -0.05) is 12.1 Å². The molecule has 11 nitrogen and oxygen atoms in total. The first kappa shape index (κ1) is 26.4. The molecular weight excluding hydrogens is 476 g/mol. The molecule has 192 valence electrons. The van der Waals surface area contributed by atoms with Crippen molar-refractivity contribution in [1.29, 1.82) is 0 Å². The summed E-state index contributed by atoms with van der Waals surface area (Å²) in [5, 5.41) is 57.6. The van der Waals surface area contributed by atoms with Crippen LogP contribution in [0.2, 0.25) is 0 Å². The zero-order chi connectivity index (χ0) is 26.5. The first-order valence-electron chi connectivity index (χ1n) is 11.0. The monoisotopic (exact) mass is 502 g/mol. The van der Waals surface area contributed by atoms with Gasteiger partial charge in [-0.3, -0.25) is 4.79 Å². The molecule has 1 aliphatic carbocycles. The molecule has 3 rings (SSSR count). The van der Waals surface area contributed by atoms with Crippen LogP contribution in [0.5, 0.6) is 23.0 Å². The Morgan fingerprint density at radius 1 is 0.917 bits per heavy atom. The van der Waals surface area contributed by atoms with Gasteiger partial charge in [-0.15, -0.1) is 0 Å². The van der Waals surface area contributed by atoms with Crippen molar-refractivity contribution in [2.45, 2.75) is 49.9 Å². The lowest BCUT2D eigenvalue weighted by molar-refractivity contribution is -0.189. The SMILES string of the molecule is O=C(/C=C/c1ccc(O)c(O)c1)O[C@@H]1CC[C@@](O)(C(=O)O)C[C@H]1OC(=O)CCc1ccc(O)c(O)c1. The Kier molecular flexibility index (Phi) is 8.05. The van der Waals surface area contributed by atoms with E-state index in [4.69, 9.17) is 9.47 Å². The number of benzene rings is 2. The second kappa shape index (κ2) is 11.0. The van der Waals surface area contributed by atoms with Gasteiger partial charge in [-0.25, -0.2) is 9.59 Å². The minimum atomic E-state index is -2.16. The van der Waals surface area contributed by atoms with Crippen LogP contribution in [0.1, 0.15) is 36.8 Å². The summed E-state index contributed by atoms with van der Waals surface area (Å²) in [7, 11) is 0. The van der Waals surface area contributed by atoms with E-state index in [-0.39, 0.29) is 48.7 Å². The Bertz CT molecular complexity index is 1170. The summed E-state index contributed by atoms with van der Waals surface area (Å²) < 4.78 is 10.7. The number of rotatable bonds is 8. The summed E-state index contributed by atoms with van der Waals surface area (Å²) in [5.41, 5.74) is -1.22. The minimum absolute atomic E-state index is 0.0772. The third-order valence-electron chi connectivity index (χ3n) is 5.81. The van der Waals surface area contributed by atoms with Gasteiger partial charge in [0, 0.05) is 18.9 Å². The predicted octanol–water partition coefficient (Wildman–Crippen LogP) is 1.98. The Morgan fingerprint density at radius 2 is 1.58 bits per heavy atom. The van der Waals surface area contributed by atoms with E-state index in [1.807, 2.05) is 0 Å². The molecule has 36 heavy (non-hydrogen) atoms. The van der Waals surface area contributed by atoms with Crippen molar-refractivity contribution in [3.8, 4) is 23.0 Å². The highest BCUT2D eigenvalue weighted by Crippen LogP contribution is 2.33. The van der Waals surface area contributed by atoms with Crippen LogP contribution in [-0.4, -0.2) is 66.4 Å². The van der Waals surface area contributed by atoms with Gasteiger partial charge in [0.05, 0.1) is 0 Å². The number of aliphatic hydroxyl groups is 1. The largest absolute Gasteiger partial charge is 0.504 e. The van der Waals surface area contributed by atoms with Gasteiger partial charge >= 0.3 is 17.9 Å². The van der Waals surface area contributed by atoms with E-state index in [1.54, 1.807) is 0 Å². The third-order valence-corrected chi connectivity index (χ3v) is 5.81. The first-order chi connectivity index (χ1) is 17.0. The number of carboxylic acid groups (broad SMARTS) is 1. The summed E-state index contributed by atoms with van der Waals surface area (Å²) in [5.74, 6) is -4.40. The minimum Gasteiger partial charge on any atom is -0.504 e. The van der Waals surface area contributed by atoms with Crippen molar-refractivity contribution in [1.82, 2.24) is 0 Å². The van der Waals surface area contributed by atoms with E-state index in [9.17, 15) is 45.0 Å². The maximum absolute atomic E-state index is 12.5. The number of carbonyl (C=O) groups excluding carboxylic acids is 2. The number of hydrogen-bond acceptors (Lipinski definition) is 10. The van der Waals surface area contributed by atoms with Gasteiger partial charge in [-0.2, -0.15) is 0 Å². The molecule has 0 spiro atoms. The molecule has 0 aliphatic heterocycles. The van der Waals surface area contributed by atoms with E-state index in [0.717, 1.165) is 6.08 Å². The second-order valence-electron chi connectivity index (χ2n) is 8.49. The summed E-state index contributed by atoms with van der Waals surface area (Å²) in [4.78, 5) is 36.3. The zero-order valence-corrected chi connectivity index (χ0v) is 19.0. The Balaban J connectivity index is 1.65. The summed E-state index contributed by atoms with van der Waals surface area (Å²) in [6.45, 7) is 0. The number of hydrogen-bond donors (Lipinski definition) is 6. The highest BCUT2D eigenvalue weighted by Gasteiger charge is 2.47. The van der Waals surface area contributed by atoms with Gasteiger partial charge in [-0.05, 0) is 60.7 Å². The molecule has 11 heteroatoms. The molecule has 1 fully saturated rings. The van der Waals surface area contributed by atoms with Gasteiger partial charge in [0.1, 0.15) is 12.2 Å². The lowest BCUT2D eigenvalue weighted by atomic mass is 9.81. The number of phenolic OH excluding ortho intramolecular Hbond substituents is 4. The molecule has 6 N–H and O–H groups in total. The third kappa shape index (κ3) is 6.66. The Labute approximate surface area is 205 Å². The number of ether oxygens (including phenoxy) is 2. The number of carbonyl (C=O) groups is 3. The number of carboxylic acids is 1. The first-order valence-corrected chi connectivity index (χ1v) is 11.0. The fourth-order valence-corrected chi connectivity index (χ4v) is 3.78. The van der Waals surface area contributed by atoms with Crippen LogP contribution in [-0.2, 0) is 30.3 Å². The molecule has 0 saturated heterocycles. The van der Waals surface area contributed by atoms with Crippen LogP contribution >= 0.6 is 0 Å². The van der Waals surface area contributed by atoms with Gasteiger partial charge < -0.3 is 40.1 Å². The van der Waals surface area contributed by atoms with Crippen molar-refractivity contribution in [2.75, 3.05) is 0 Å². The Morgan fingerprint density at radius 3 is 2.22 bits per heavy atom. The number of aryl methyl sites for hydroxylation is 1. The van der Waals surface area contributed by atoms with Crippen LogP contribution in [0.15, 0.2) is 42.5 Å². The zero-order valence-electron chi connectivity index (χ0n) is 19.0. The van der Waals surface area contributed by atoms with E-state index >= 15 is 0 Å². The van der Waals surface area contributed by atoms with Crippen molar-refractivity contribution in [3.63, 3.8) is 0 Å². The molecule has 1 saturated carbocycles. The summed E-state index contributed by atoms with van der Waals surface area (Å²) in [6, 6.07) is 7.99. The van der Waals surface area contributed by atoms with Crippen LogP contribution in [0.4, 0.5) is 0 Å². The van der Waals surface area contributed by atoms with Crippen molar-refractivity contribution in [3.05, 3.63) is 53.6 Å². The van der Waals surface area contributed by atoms with E-state index < -0.39 is 42.1 Å². The molecule has 2 aromatic rings. The quantitative estimate of drug-likeness (QED) is 0.176. The fourth-order valence-electron chi connectivity index (χ4n) is 3.78. The second-order valence-corrected chi connectivity index (χ2v) is 8.49. The van der Waals surface area contributed by atoms with Crippen molar-refractivity contribution >= 4 is 24.0 Å². The normalized spacial score (nSPS) is 21.7. The fraction of sp³-hybridized carbons (Fsp3) is 0.320. The van der Waals surface area contributed by atoms with Crippen LogP contribution in [0.25, 0.3) is 6.08 Å². The topological polar surface area (TPSA) is 191 Å². The molecule has 0 aromatic heterocycles. The number of phenols is 4. The average Bonchev–Trinajstić information content (AvgIpc) is 2.82. The molecule has 0 radical (unpaired) electrons. The molecule has 3 atom stereocenters. The summed E-state index contributed by atoms with van der Waals surface area (Å²) >= 11 is 0. The molecule has 0 amide bonds. The van der Waals surface area contributed by atoms with Crippen molar-refractivity contribution < 1.29 is 54.5 Å². The molecule has 2 aromatic carbocycles. The lowest BCUT2D eigenvalue weighted by Gasteiger charge is -2.37. The number of aromatic hydroxyl groups is 4. The maximum Gasteiger partial charge on any atom is 0.335 e. The molecular formula is C25H26O11. The van der Waals surface area contributed by atoms with Crippen LogP contribution in [0, 0.1) is 0 Å². The van der Waals surface area contributed by atoms with E-state index in [1.165, 1.54) is 42.5 Å². The predicted molar refractivity (Wildman–Crippen MR) is 123 cm³/mol. The van der Waals surface area contributed by atoms with E-state index in [2.05, 4.69) is 0 Å². The smallest absolute Gasteiger partial charge is 0.335 e. The van der Waals surface area contributed by atoms with Gasteiger partial charge in [0.15, 0.2) is 28.6 Å². The Hall–Kier alpha value is -4.25. The van der Waals surface area contributed by atoms with Gasteiger partial charge in [0.2, 0.25) is 0 Å². The number of aliphatic carboxylic acids is 1. The highest BCUT2D eigenvalue weighted by molar-refractivity contribution is 5.87. The molecule has 0 heterocycles. The van der Waals surface area contributed by atoms with Crippen molar-refractivity contribution in [2.24, 2.45) is 0 Å². The molecule has 0 bridgehead atoms.